The third-order valence-corrected chi connectivity index (χ3v) is 6.31. The van der Waals surface area contributed by atoms with Gasteiger partial charge < -0.3 is 10.1 Å². The number of carbonyl (C=O) groups excluding carboxylic acids is 2. The molecule has 0 spiro atoms. The lowest BCUT2D eigenvalue weighted by Crippen LogP contribution is -2.47. The number of piperazine rings is 1. The fraction of sp³-hybridized carbons (Fsp3) is 0.333. The number of hydrogen-bond acceptors (Lipinski definition) is 6. The first-order chi connectivity index (χ1) is 14.3. The van der Waals surface area contributed by atoms with Crippen LogP contribution in [0.3, 0.4) is 0 Å². The molecule has 0 atom stereocenters. The Balaban J connectivity index is 1.60. The number of hydrogen-bond donors (Lipinski definition) is 1. The third kappa shape index (κ3) is 5.44. The van der Waals surface area contributed by atoms with Crippen LogP contribution < -0.4 is 5.32 Å². The molecule has 1 amide bonds. The number of para-hydroxylation sites is 1. The summed E-state index contributed by atoms with van der Waals surface area (Å²) in [5.41, 5.74) is 2.19. The molecule has 8 nitrogen and oxygen atoms in total. The molecule has 0 unspecified atom stereocenters. The summed E-state index contributed by atoms with van der Waals surface area (Å²) in [5.74, 6) is -0.836. The Kier molecular flexibility index (Phi) is 6.86. The highest BCUT2D eigenvalue weighted by atomic mass is 32.2. The van der Waals surface area contributed by atoms with E-state index in [0.717, 1.165) is 5.56 Å². The van der Waals surface area contributed by atoms with Gasteiger partial charge in [0.05, 0.1) is 24.6 Å². The minimum Gasteiger partial charge on any atom is -0.465 e. The molecule has 1 aliphatic rings. The molecule has 1 fully saturated rings. The van der Waals surface area contributed by atoms with Crippen molar-refractivity contribution in [2.45, 2.75) is 6.54 Å². The molecule has 1 saturated heterocycles. The Bertz CT molecular complexity index is 1010. The predicted octanol–water partition coefficient (Wildman–Crippen LogP) is 1.80. The monoisotopic (exact) mass is 431 g/mol. The second kappa shape index (κ2) is 9.38. The fourth-order valence-corrected chi connectivity index (χ4v) is 4.14. The number of rotatable bonds is 6. The summed E-state index contributed by atoms with van der Waals surface area (Å²) in [6.45, 7) is 2.99. The summed E-state index contributed by atoms with van der Waals surface area (Å²) in [6.07, 6.45) is 1.23. The van der Waals surface area contributed by atoms with Gasteiger partial charge in [-0.25, -0.2) is 13.2 Å². The van der Waals surface area contributed by atoms with Crippen LogP contribution in [0.25, 0.3) is 0 Å². The summed E-state index contributed by atoms with van der Waals surface area (Å²) in [4.78, 5) is 26.6. The van der Waals surface area contributed by atoms with E-state index in [1.165, 1.54) is 17.7 Å². The van der Waals surface area contributed by atoms with Gasteiger partial charge in [-0.1, -0.05) is 24.3 Å². The SMILES string of the molecule is COC(=O)c1ccccc1NC(=O)c1ccc(CN2CCN(S(C)(=O)=O)CC2)cc1. The fourth-order valence-electron chi connectivity index (χ4n) is 3.31. The largest absolute Gasteiger partial charge is 0.465 e. The van der Waals surface area contributed by atoms with Gasteiger partial charge in [0.15, 0.2) is 0 Å². The minimum atomic E-state index is -3.14. The number of benzene rings is 2. The predicted molar refractivity (Wildman–Crippen MR) is 114 cm³/mol. The molecule has 0 saturated carbocycles. The lowest BCUT2D eigenvalue weighted by Gasteiger charge is -2.33. The maximum Gasteiger partial charge on any atom is 0.339 e. The molecule has 1 N–H and O–H groups in total. The zero-order valence-corrected chi connectivity index (χ0v) is 17.8. The Hall–Kier alpha value is -2.75. The van der Waals surface area contributed by atoms with Crippen LogP contribution in [-0.4, -0.2) is 69.0 Å². The molecular weight excluding hydrogens is 406 g/mol. The smallest absolute Gasteiger partial charge is 0.339 e. The molecule has 0 aliphatic carbocycles. The molecule has 1 aliphatic heterocycles. The second-order valence-electron chi connectivity index (χ2n) is 7.13. The average molecular weight is 432 g/mol. The van der Waals surface area contributed by atoms with Crippen LogP contribution in [0.5, 0.6) is 0 Å². The van der Waals surface area contributed by atoms with E-state index in [9.17, 15) is 18.0 Å². The van der Waals surface area contributed by atoms with Crippen LogP contribution >= 0.6 is 0 Å². The van der Waals surface area contributed by atoms with Gasteiger partial charge in [0.2, 0.25) is 10.0 Å². The highest BCUT2D eigenvalue weighted by Gasteiger charge is 2.23. The van der Waals surface area contributed by atoms with Gasteiger partial charge >= 0.3 is 5.97 Å². The van der Waals surface area contributed by atoms with Crippen LogP contribution in [0, 0.1) is 0 Å². The first-order valence-corrected chi connectivity index (χ1v) is 11.4. The molecule has 0 radical (unpaired) electrons. The summed E-state index contributed by atoms with van der Waals surface area (Å²) in [7, 11) is -1.85. The number of ether oxygens (including phenoxy) is 1. The number of amides is 1. The topological polar surface area (TPSA) is 96.0 Å². The van der Waals surface area contributed by atoms with Crippen molar-refractivity contribution in [2.75, 3.05) is 44.9 Å². The van der Waals surface area contributed by atoms with E-state index < -0.39 is 16.0 Å². The summed E-state index contributed by atoms with van der Waals surface area (Å²) >= 11 is 0. The Morgan fingerprint density at radius 1 is 1.00 bits per heavy atom. The van der Waals surface area contributed by atoms with Crippen molar-refractivity contribution in [2.24, 2.45) is 0 Å². The van der Waals surface area contributed by atoms with Crippen molar-refractivity contribution in [1.29, 1.82) is 0 Å². The second-order valence-corrected chi connectivity index (χ2v) is 9.11. The van der Waals surface area contributed by atoms with Crippen molar-refractivity contribution < 1.29 is 22.7 Å². The Morgan fingerprint density at radius 3 is 2.23 bits per heavy atom. The minimum absolute atomic E-state index is 0.290. The van der Waals surface area contributed by atoms with E-state index in [0.29, 0.717) is 49.5 Å². The number of nitrogens with zero attached hydrogens (tertiary/aromatic N) is 2. The lowest BCUT2D eigenvalue weighted by atomic mass is 10.1. The Labute approximate surface area is 176 Å². The molecule has 160 valence electrons. The van der Waals surface area contributed by atoms with Crippen LogP contribution in [-0.2, 0) is 21.3 Å². The van der Waals surface area contributed by atoms with Gasteiger partial charge in [-0.15, -0.1) is 0 Å². The number of sulfonamides is 1. The molecule has 2 aromatic carbocycles. The van der Waals surface area contributed by atoms with Gasteiger partial charge in [0, 0.05) is 38.3 Å². The van der Waals surface area contributed by atoms with E-state index in [1.807, 2.05) is 12.1 Å². The van der Waals surface area contributed by atoms with Crippen LogP contribution in [0.15, 0.2) is 48.5 Å². The lowest BCUT2D eigenvalue weighted by molar-refractivity contribution is 0.0602. The number of nitrogens with one attached hydrogen (secondary N) is 1. The molecule has 3 rings (SSSR count). The molecule has 1 heterocycles. The molecule has 9 heteroatoms. The first kappa shape index (κ1) is 21.9. The summed E-state index contributed by atoms with van der Waals surface area (Å²) < 4.78 is 29.4. The van der Waals surface area contributed by atoms with Gasteiger partial charge in [0.1, 0.15) is 0 Å². The van der Waals surface area contributed by atoms with E-state index >= 15 is 0 Å². The standard InChI is InChI=1S/C21H25N3O5S/c1-29-21(26)18-5-3-4-6-19(18)22-20(25)17-9-7-16(8-10-17)15-23-11-13-24(14-12-23)30(2,27)28/h3-10H,11-15H2,1-2H3,(H,22,25). The average Bonchev–Trinajstić information content (AvgIpc) is 2.74. The van der Waals surface area contributed by atoms with Crippen molar-refractivity contribution in [3.8, 4) is 0 Å². The van der Waals surface area contributed by atoms with Crippen LogP contribution in [0.1, 0.15) is 26.3 Å². The zero-order valence-electron chi connectivity index (χ0n) is 17.0. The van der Waals surface area contributed by atoms with E-state index in [2.05, 4.69) is 10.2 Å². The molecular formula is C21H25N3O5S. The van der Waals surface area contributed by atoms with Crippen molar-refractivity contribution >= 4 is 27.6 Å². The van der Waals surface area contributed by atoms with E-state index in [4.69, 9.17) is 4.74 Å². The third-order valence-electron chi connectivity index (χ3n) is 5.00. The summed E-state index contributed by atoms with van der Waals surface area (Å²) in [5, 5.41) is 2.75. The van der Waals surface area contributed by atoms with Crippen LogP contribution in [0.4, 0.5) is 5.69 Å². The highest BCUT2D eigenvalue weighted by Crippen LogP contribution is 2.18. The van der Waals surface area contributed by atoms with Crippen LogP contribution in [0.2, 0.25) is 0 Å². The van der Waals surface area contributed by atoms with Gasteiger partial charge in [-0.2, -0.15) is 4.31 Å². The number of carbonyl (C=O) groups is 2. The quantitative estimate of drug-likeness (QED) is 0.701. The zero-order chi connectivity index (χ0) is 21.7. The number of anilines is 1. The molecule has 0 aromatic heterocycles. The first-order valence-electron chi connectivity index (χ1n) is 9.53. The molecule has 0 bridgehead atoms. The van der Waals surface area contributed by atoms with Crippen molar-refractivity contribution in [3.05, 3.63) is 65.2 Å². The van der Waals surface area contributed by atoms with Gasteiger partial charge in [-0.05, 0) is 29.8 Å². The van der Waals surface area contributed by atoms with E-state index in [1.54, 1.807) is 36.4 Å². The normalized spacial score (nSPS) is 15.5. The van der Waals surface area contributed by atoms with Crippen molar-refractivity contribution in [3.63, 3.8) is 0 Å². The molecule has 30 heavy (non-hydrogen) atoms. The van der Waals surface area contributed by atoms with Crippen molar-refractivity contribution in [1.82, 2.24) is 9.21 Å². The Morgan fingerprint density at radius 2 is 1.63 bits per heavy atom. The number of esters is 1. The number of methoxy groups -OCH3 is 1. The van der Waals surface area contributed by atoms with E-state index in [-0.39, 0.29) is 5.91 Å². The maximum absolute atomic E-state index is 12.6. The van der Waals surface area contributed by atoms with Gasteiger partial charge in [-0.3, -0.25) is 9.69 Å². The molecule has 2 aromatic rings. The summed E-state index contributed by atoms with van der Waals surface area (Å²) in [6, 6.07) is 13.9. The van der Waals surface area contributed by atoms with Gasteiger partial charge in [0.25, 0.3) is 5.91 Å². The maximum atomic E-state index is 12.6. The highest BCUT2D eigenvalue weighted by molar-refractivity contribution is 7.88.